The Labute approximate surface area is 115 Å². The molecule has 19 heavy (non-hydrogen) atoms. The van der Waals surface area contributed by atoms with Gasteiger partial charge in [-0.3, -0.25) is 29.8 Å². The Bertz CT molecular complexity index is 837. The van der Waals surface area contributed by atoms with Gasteiger partial charge in [0, 0.05) is 6.07 Å². The molecule has 0 unspecified atom stereocenters. The van der Waals surface area contributed by atoms with Crippen LogP contribution in [0.1, 0.15) is 0 Å². The van der Waals surface area contributed by atoms with Gasteiger partial charge in [-0.2, -0.15) is 0 Å². The molecule has 1 aromatic heterocycles. The molecular formula is C8H3IN4O6. The summed E-state index contributed by atoms with van der Waals surface area (Å²) in [6.45, 7) is 0. The molecule has 0 aliphatic heterocycles. The van der Waals surface area contributed by atoms with Crippen LogP contribution < -0.4 is 11.1 Å². The minimum Gasteiger partial charge on any atom is -0.315 e. The van der Waals surface area contributed by atoms with Gasteiger partial charge in [-0.25, -0.2) is 0 Å². The first kappa shape index (κ1) is 13.1. The largest absolute Gasteiger partial charge is 0.315 e. The van der Waals surface area contributed by atoms with Crippen LogP contribution in [0.25, 0.3) is 11.0 Å². The Balaban J connectivity index is 3.09. The van der Waals surface area contributed by atoms with E-state index in [2.05, 4.69) is 4.98 Å². The first-order valence-electron chi connectivity index (χ1n) is 4.60. The van der Waals surface area contributed by atoms with Gasteiger partial charge >= 0.3 is 16.8 Å². The summed E-state index contributed by atoms with van der Waals surface area (Å²) in [7, 11) is 0. The van der Waals surface area contributed by atoms with Crippen LogP contribution >= 0.6 is 22.6 Å². The minimum atomic E-state index is -1.07. The van der Waals surface area contributed by atoms with Gasteiger partial charge in [-0.15, -0.1) is 0 Å². The quantitative estimate of drug-likeness (QED) is 0.339. The highest BCUT2D eigenvalue weighted by molar-refractivity contribution is 14.1. The van der Waals surface area contributed by atoms with Gasteiger partial charge in [0.25, 0.3) is 5.69 Å². The Kier molecular flexibility index (Phi) is 3.05. The van der Waals surface area contributed by atoms with Crippen molar-refractivity contribution in [2.75, 3.05) is 0 Å². The first-order chi connectivity index (χ1) is 8.82. The zero-order chi connectivity index (χ0) is 14.3. The van der Waals surface area contributed by atoms with E-state index in [1.165, 1.54) is 22.6 Å². The van der Waals surface area contributed by atoms with Crippen molar-refractivity contribution < 1.29 is 9.85 Å². The monoisotopic (exact) mass is 378 g/mol. The summed E-state index contributed by atoms with van der Waals surface area (Å²) in [5.74, 6) is 0. The van der Waals surface area contributed by atoms with Crippen LogP contribution in [-0.4, -0.2) is 19.8 Å². The molecular weight excluding hydrogens is 375 g/mol. The summed E-state index contributed by atoms with van der Waals surface area (Å²) in [5.41, 5.74) is -3.70. The Morgan fingerprint density at radius 2 is 1.63 bits per heavy atom. The van der Waals surface area contributed by atoms with Crippen molar-refractivity contribution in [1.82, 2.24) is 9.97 Å². The van der Waals surface area contributed by atoms with Gasteiger partial charge in [0.1, 0.15) is 5.52 Å². The molecule has 10 nitrogen and oxygen atoms in total. The van der Waals surface area contributed by atoms with E-state index in [0.717, 1.165) is 6.07 Å². The molecule has 2 aromatic rings. The Morgan fingerprint density at radius 3 is 2.16 bits per heavy atom. The fourth-order valence-corrected chi connectivity index (χ4v) is 2.33. The second-order valence-electron chi connectivity index (χ2n) is 3.40. The van der Waals surface area contributed by atoms with E-state index >= 15 is 0 Å². The van der Waals surface area contributed by atoms with Crippen molar-refractivity contribution in [3.8, 4) is 0 Å². The third-order valence-corrected chi connectivity index (χ3v) is 3.36. The molecule has 0 aliphatic carbocycles. The lowest BCUT2D eigenvalue weighted by molar-refractivity contribution is -0.394. The van der Waals surface area contributed by atoms with Gasteiger partial charge in [0.2, 0.25) is 0 Å². The summed E-state index contributed by atoms with van der Waals surface area (Å²) in [6, 6.07) is 0.960. The number of hydrogen-bond donors (Lipinski definition) is 2. The topological polar surface area (TPSA) is 152 Å². The van der Waals surface area contributed by atoms with Crippen molar-refractivity contribution in [3.05, 3.63) is 50.6 Å². The maximum atomic E-state index is 11.2. The number of nitro groups is 2. The second kappa shape index (κ2) is 4.42. The highest BCUT2D eigenvalue weighted by atomic mass is 127. The Morgan fingerprint density at radius 1 is 1.05 bits per heavy atom. The fourth-order valence-electron chi connectivity index (χ4n) is 1.51. The average molecular weight is 378 g/mol. The number of nitrogens with one attached hydrogen (secondary N) is 2. The van der Waals surface area contributed by atoms with E-state index in [4.69, 9.17) is 0 Å². The van der Waals surface area contributed by atoms with Gasteiger partial charge in [-0.1, -0.05) is 0 Å². The number of hydrogen-bond acceptors (Lipinski definition) is 6. The van der Waals surface area contributed by atoms with E-state index in [9.17, 15) is 29.8 Å². The lowest BCUT2D eigenvalue weighted by Gasteiger charge is -2.02. The third-order valence-electron chi connectivity index (χ3n) is 2.29. The van der Waals surface area contributed by atoms with Crippen molar-refractivity contribution in [3.63, 3.8) is 0 Å². The van der Waals surface area contributed by atoms with Crippen molar-refractivity contribution in [2.45, 2.75) is 0 Å². The zero-order valence-electron chi connectivity index (χ0n) is 8.80. The summed E-state index contributed by atoms with van der Waals surface area (Å²) in [5, 5.41) is 21.8. The molecule has 0 atom stereocenters. The van der Waals surface area contributed by atoms with Gasteiger partial charge < -0.3 is 9.97 Å². The van der Waals surface area contributed by atoms with E-state index < -0.39 is 32.3 Å². The summed E-state index contributed by atoms with van der Waals surface area (Å²) in [4.78, 5) is 46.5. The highest BCUT2D eigenvalue weighted by Gasteiger charge is 2.28. The molecule has 0 saturated carbocycles. The molecule has 1 aromatic carbocycles. The van der Waals surface area contributed by atoms with E-state index in [0.29, 0.717) is 0 Å². The van der Waals surface area contributed by atoms with Crippen LogP contribution in [0.4, 0.5) is 11.4 Å². The summed E-state index contributed by atoms with van der Waals surface area (Å²) >= 11 is 1.44. The van der Waals surface area contributed by atoms with Crippen LogP contribution in [0, 0.1) is 23.8 Å². The molecule has 0 radical (unpaired) electrons. The number of benzene rings is 1. The van der Waals surface area contributed by atoms with Gasteiger partial charge in [0.05, 0.1) is 15.4 Å². The standard InChI is InChI=1S/C8H3IN4O6/c9-4-3(12(16)17)1-2-5(6(4)13(18)19)11-8(15)7(14)10-2/h1H,(H,10,14)(H,11,15). The molecule has 0 amide bonds. The predicted octanol–water partition coefficient (Wildman–Crippen LogP) is 0.637. The predicted molar refractivity (Wildman–Crippen MR) is 71.2 cm³/mol. The van der Waals surface area contributed by atoms with E-state index in [-0.39, 0.29) is 14.6 Å². The number of aromatic nitrogens is 2. The van der Waals surface area contributed by atoms with Gasteiger partial charge in [0.15, 0.2) is 3.57 Å². The maximum Gasteiger partial charge on any atom is 0.315 e. The molecule has 11 heteroatoms. The number of aromatic amines is 2. The number of fused-ring (bicyclic) bond motifs is 1. The smallest absolute Gasteiger partial charge is 0.315 e. The van der Waals surface area contributed by atoms with Gasteiger partial charge in [-0.05, 0) is 22.6 Å². The lowest BCUT2D eigenvalue weighted by atomic mass is 10.2. The van der Waals surface area contributed by atoms with Crippen molar-refractivity contribution in [1.29, 1.82) is 0 Å². The van der Waals surface area contributed by atoms with E-state index in [1.54, 1.807) is 0 Å². The second-order valence-corrected chi connectivity index (χ2v) is 4.48. The SMILES string of the molecule is O=c1[nH]c2cc([N+](=O)[O-])c(I)c([N+](=O)[O-])c2[nH]c1=O. The van der Waals surface area contributed by atoms with Crippen molar-refractivity contribution in [2.24, 2.45) is 0 Å². The number of rotatable bonds is 2. The van der Waals surface area contributed by atoms with Crippen LogP contribution in [0.3, 0.4) is 0 Å². The maximum absolute atomic E-state index is 11.2. The Hall–Kier alpha value is -2.31. The normalized spacial score (nSPS) is 10.6. The number of nitro benzene ring substituents is 2. The van der Waals surface area contributed by atoms with E-state index in [1.807, 2.05) is 4.98 Å². The third kappa shape index (κ3) is 2.07. The van der Waals surface area contributed by atoms with Crippen LogP contribution in [0.2, 0.25) is 0 Å². The number of nitrogens with zero attached hydrogens (tertiary/aromatic N) is 2. The molecule has 0 bridgehead atoms. The molecule has 1 heterocycles. The van der Waals surface area contributed by atoms with Crippen molar-refractivity contribution >= 4 is 45.0 Å². The molecule has 2 rings (SSSR count). The summed E-state index contributed by atoms with van der Waals surface area (Å²) in [6.07, 6.45) is 0. The first-order valence-corrected chi connectivity index (χ1v) is 5.68. The van der Waals surface area contributed by atoms with Crippen LogP contribution in [0.5, 0.6) is 0 Å². The highest BCUT2D eigenvalue weighted by Crippen LogP contribution is 2.34. The molecule has 0 saturated heterocycles. The van der Waals surface area contributed by atoms with Crippen LogP contribution in [-0.2, 0) is 0 Å². The summed E-state index contributed by atoms with van der Waals surface area (Å²) < 4.78 is -0.234. The number of halogens is 1. The molecule has 0 fully saturated rings. The minimum absolute atomic E-state index is 0.177. The molecule has 98 valence electrons. The molecule has 0 spiro atoms. The molecule has 2 N–H and O–H groups in total. The fraction of sp³-hybridized carbons (Fsp3) is 0. The molecule has 0 aliphatic rings. The lowest BCUT2D eigenvalue weighted by Crippen LogP contribution is -2.29. The average Bonchev–Trinajstić information content (AvgIpc) is 2.29. The number of H-pyrrole nitrogens is 2. The van der Waals surface area contributed by atoms with Crippen LogP contribution in [0.15, 0.2) is 15.7 Å². The zero-order valence-corrected chi connectivity index (χ0v) is 11.0.